The Morgan fingerprint density at radius 1 is 1.04 bits per heavy atom. The third-order valence-electron chi connectivity index (χ3n) is 12.5. The maximum absolute atomic E-state index is 14.8. The summed E-state index contributed by atoms with van der Waals surface area (Å²) in [5.74, 6) is -0.293. The summed E-state index contributed by atoms with van der Waals surface area (Å²) in [7, 11) is 1.54. The number of thiazole rings is 1. The van der Waals surface area contributed by atoms with Gasteiger partial charge in [-0.05, 0) is 66.9 Å². The lowest BCUT2D eigenvalue weighted by Crippen LogP contribution is -2.48. The lowest BCUT2D eigenvalue weighted by molar-refractivity contribution is -0.157. The van der Waals surface area contributed by atoms with Gasteiger partial charge in [-0.25, -0.2) is 9.97 Å². The minimum Gasteiger partial charge on any atom is -0.495 e. The van der Waals surface area contributed by atoms with Gasteiger partial charge in [0.1, 0.15) is 28.7 Å². The van der Waals surface area contributed by atoms with E-state index in [0.29, 0.717) is 69.4 Å². The predicted octanol–water partition coefficient (Wildman–Crippen LogP) is 8.42. The number of rotatable bonds is 15. The van der Waals surface area contributed by atoms with Crippen molar-refractivity contribution in [2.24, 2.45) is 40.4 Å². The number of halogens is 1. The van der Waals surface area contributed by atoms with Crippen LogP contribution in [-0.4, -0.2) is 75.5 Å². The molecule has 3 aromatic rings. The van der Waals surface area contributed by atoms with E-state index >= 15 is 0 Å². The highest BCUT2D eigenvalue weighted by atomic mass is 35.5. The number of carboxylic acids is 1. The number of ketones is 1. The van der Waals surface area contributed by atoms with Gasteiger partial charge in [0.2, 0.25) is 5.91 Å². The van der Waals surface area contributed by atoms with Crippen molar-refractivity contribution in [2.75, 3.05) is 13.7 Å². The molecule has 2 aromatic heterocycles. The maximum Gasteiger partial charge on any atom is 0.310 e. The average molecular weight is 808 g/mol. The van der Waals surface area contributed by atoms with E-state index in [-0.39, 0.29) is 49.5 Å². The van der Waals surface area contributed by atoms with Gasteiger partial charge in [-0.3, -0.25) is 19.2 Å². The summed E-state index contributed by atoms with van der Waals surface area (Å²) in [6, 6.07) is 4.45. The van der Waals surface area contributed by atoms with E-state index in [1.807, 2.05) is 45.2 Å². The Hall–Kier alpha value is -3.77. The van der Waals surface area contributed by atoms with Gasteiger partial charge in [0.15, 0.2) is 5.78 Å². The lowest BCUT2D eigenvalue weighted by Gasteiger charge is -2.35. The van der Waals surface area contributed by atoms with Gasteiger partial charge in [-0.1, -0.05) is 59.6 Å². The van der Waals surface area contributed by atoms with E-state index < -0.39 is 40.8 Å². The predicted molar refractivity (Wildman–Crippen MR) is 214 cm³/mol. The molecule has 3 aliphatic carbocycles. The number of carbonyl (C=O) groups excluding carboxylic acids is 3. The van der Waals surface area contributed by atoms with Crippen LogP contribution < -0.4 is 9.47 Å². The van der Waals surface area contributed by atoms with Gasteiger partial charge >= 0.3 is 11.9 Å². The second-order valence-electron chi connectivity index (χ2n) is 18.1. The molecule has 2 unspecified atom stereocenters. The Morgan fingerprint density at radius 2 is 1.77 bits per heavy atom. The van der Waals surface area contributed by atoms with Crippen LogP contribution >= 0.6 is 22.9 Å². The second-order valence-corrected chi connectivity index (χ2v) is 19.4. The van der Waals surface area contributed by atoms with E-state index in [4.69, 9.17) is 35.8 Å². The van der Waals surface area contributed by atoms with Crippen molar-refractivity contribution in [3.63, 3.8) is 0 Å². The molecule has 1 amide bonds. The Morgan fingerprint density at radius 3 is 2.39 bits per heavy atom. The van der Waals surface area contributed by atoms with Crippen molar-refractivity contribution >= 4 is 57.5 Å². The molecule has 8 atom stereocenters. The molecule has 56 heavy (non-hydrogen) atoms. The van der Waals surface area contributed by atoms with Crippen molar-refractivity contribution < 1.29 is 38.5 Å². The highest BCUT2D eigenvalue weighted by Crippen LogP contribution is 2.58. The highest BCUT2D eigenvalue weighted by Gasteiger charge is 2.61. The van der Waals surface area contributed by atoms with Crippen LogP contribution in [0.4, 0.5) is 0 Å². The maximum atomic E-state index is 14.8. The molecule has 1 N–H and O–H groups in total. The molecule has 7 rings (SSSR count). The molecule has 0 radical (unpaired) electrons. The molecule has 1 aromatic carbocycles. The van der Waals surface area contributed by atoms with E-state index in [0.717, 1.165) is 24.3 Å². The normalized spacial score (nSPS) is 27.3. The Labute approximate surface area is 337 Å². The first kappa shape index (κ1) is 40.4. The number of methoxy groups -OCH3 is 1. The van der Waals surface area contributed by atoms with Gasteiger partial charge in [0.25, 0.3) is 0 Å². The first-order valence-corrected chi connectivity index (χ1v) is 21.3. The molecule has 4 fully saturated rings. The number of nitrogens with zero attached hydrogens (tertiary/aromatic N) is 3. The minimum absolute atomic E-state index is 0.0679. The fraction of sp³-hybridized carbons (Fsp3) is 0.628. The van der Waals surface area contributed by atoms with Crippen LogP contribution in [0.1, 0.15) is 97.9 Å². The van der Waals surface area contributed by atoms with Gasteiger partial charge in [-0.2, -0.15) is 0 Å². The van der Waals surface area contributed by atoms with Crippen LogP contribution in [0.5, 0.6) is 11.5 Å². The van der Waals surface area contributed by atoms with Crippen LogP contribution in [0.3, 0.4) is 0 Å². The fourth-order valence-corrected chi connectivity index (χ4v) is 10.4. The number of fused-ring (bicyclic) bond motifs is 2. The van der Waals surface area contributed by atoms with Gasteiger partial charge in [0, 0.05) is 36.1 Å². The summed E-state index contributed by atoms with van der Waals surface area (Å²) in [5, 5.41) is 14.1. The molecule has 302 valence electrons. The number of carboxylic acid groups (broad SMARTS) is 1. The average Bonchev–Trinajstić information content (AvgIpc) is 3.80. The second kappa shape index (κ2) is 15.5. The monoisotopic (exact) mass is 807 g/mol. The van der Waals surface area contributed by atoms with Crippen molar-refractivity contribution in [1.29, 1.82) is 0 Å². The Bertz CT molecular complexity index is 2020. The third kappa shape index (κ3) is 8.15. The van der Waals surface area contributed by atoms with E-state index in [9.17, 15) is 24.3 Å². The van der Waals surface area contributed by atoms with Gasteiger partial charge in [-0.15, -0.1) is 11.3 Å². The van der Waals surface area contributed by atoms with Crippen LogP contribution in [0.25, 0.3) is 22.3 Å². The minimum atomic E-state index is -1.14. The summed E-state index contributed by atoms with van der Waals surface area (Å²) in [6.07, 6.45) is 3.98. The number of hydrogen-bond donors (Lipinski definition) is 1. The number of esters is 1. The van der Waals surface area contributed by atoms with E-state index in [1.54, 1.807) is 22.3 Å². The van der Waals surface area contributed by atoms with E-state index in [1.165, 1.54) is 13.5 Å². The van der Waals surface area contributed by atoms with Crippen LogP contribution in [0, 0.1) is 40.4 Å². The van der Waals surface area contributed by atoms with Gasteiger partial charge in [0.05, 0.1) is 59.4 Å². The first-order chi connectivity index (χ1) is 26.5. The number of benzene rings is 1. The Kier molecular flexibility index (Phi) is 11.2. The molecular formula is C43H54ClN3O8S. The molecule has 11 nitrogen and oxygen atoms in total. The fourth-order valence-electron chi connectivity index (χ4n) is 9.10. The van der Waals surface area contributed by atoms with Crippen LogP contribution in [0.15, 0.2) is 23.6 Å². The molecule has 3 saturated carbocycles. The zero-order valence-electron chi connectivity index (χ0n) is 33.4. The van der Waals surface area contributed by atoms with Crippen molar-refractivity contribution in [3.8, 4) is 22.9 Å². The van der Waals surface area contributed by atoms with Gasteiger partial charge < -0.3 is 24.2 Å². The van der Waals surface area contributed by atoms with E-state index in [2.05, 4.69) is 13.8 Å². The standard InChI is InChI=1S/C43H54ClN3O8S/c1-8-25-18-43(25,41(51)52)19-33(48)32-15-27(20-47(32)40(50)29(42(4,5)6)16-37(49)55-26-13-23-12-24(23)14-26)54-35-17-30(31-21-56-36(45-31)11-22(2)3)46-39-28(35)9-10-34(53-7)38(39)44/h9-10,17,21-27,29,32H,8,11-16,18-20H2,1-7H3,(H,51,52)/t23-,24+,25?,26?,27-,29-,32+,43-/m1/s1. The summed E-state index contributed by atoms with van der Waals surface area (Å²) in [4.78, 5) is 66.3. The molecule has 13 heteroatoms. The number of aliphatic carboxylic acids is 1. The number of Topliss-reactive ketones (excluding diaryl/α,β-unsaturated/α-hetero) is 1. The molecule has 1 saturated heterocycles. The third-order valence-corrected chi connectivity index (χ3v) is 13.8. The number of pyridine rings is 1. The molecule has 3 heterocycles. The van der Waals surface area contributed by atoms with Crippen molar-refractivity contribution in [1.82, 2.24) is 14.9 Å². The molecule has 1 aliphatic heterocycles. The van der Waals surface area contributed by atoms with Crippen molar-refractivity contribution in [3.05, 3.63) is 33.6 Å². The molecule has 0 spiro atoms. The molecule has 0 bridgehead atoms. The Balaban J connectivity index is 1.20. The zero-order chi connectivity index (χ0) is 40.3. The lowest BCUT2D eigenvalue weighted by atomic mass is 9.77. The number of likely N-dealkylation sites (tertiary alicyclic amines) is 1. The largest absolute Gasteiger partial charge is 0.495 e. The summed E-state index contributed by atoms with van der Waals surface area (Å²) < 4.78 is 18.2. The topological polar surface area (TPSA) is 145 Å². The number of aromatic nitrogens is 2. The van der Waals surface area contributed by atoms with Crippen LogP contribution in [0.2, 0.25) is 5.02 Å². The number of amides is 1. The SMILES string of the molecule is CCC1C[C@]1(CC(=O)[C@@H]1C[C@@H](Oc2cc(-c3csc(CC(C)C)n3)nc3c(Cl)c(OC)ccc23)CN1C(=O)[C@@H](CC(=O)OC1C[C@@H]2C[C@@H]2C1)C(C)(C)C)C(=O)O. The molecular weight excluding hydrogens is 754 g/mol. The van der Waals surface area contributed by atoms with Crippen LogP contribution in [-0.2, 0) is 30.3 Å². The summed E-state index contributed by atoms with van der Waals surface area (Å²) in [6.45, 7) is 12.0. The molecule has 4 aliphatic rings. The highest BCUT2D eigenvalue weighted by molar-refractivity contribution is 7.09. The summed E-state index contributed by atoms with van der Waals surface area (Å²) >= 11 is 8.41. The number of carbonyl (C=O) groups is 4. The number of ether oxygens (including phenoxy) is 3. The number of hydrogen-bond acceptors (Lipinski definition) is 10. The first-order valence-electron chi connectivity index (χ1n) is 20.1. The zero-order valence-corrected chi connectivity index (χ0v) is 35.0. The summed E-state index contributed by atoms with van der Waals surface area (Å²) in [5.41, 5.74) is -0.0791. The van der Waals surface area contributed by atoms with Crippen molar-refractivity contribution in [2.45, 2.75) is 118 Å². The quantitative estimate of drug-likeness (QED) is 0.149. The smallest absolute Gasteiger partial charge is 0.310 e.